The third-order valence-corrected chi connectivity index (χ3v) is 5.40. The smallest absolute Gasteiger partial charge is 0.146 e. The number of hydrogen-bond acceptors (Lipinski definition) is 7. The molecule has 0 radical (unpaired) electrons. The summed E-state index contributed by atoms with van der Waals surface area (Å²) in [6, 6.07) is 4.45. The van der Waals surface area contributed by atoms with E-state index in [-0.39, 0.29) is 0 Å². The zero-order valence-electron chi connectivity index (χ0n) is 14.9. The zero-order chi connectivity index (χ0) is 17.5. The van der Waals surface area contributed by atoms with Gasteiger partial charge in [0.15, 0.2) is 0 Å². The van der Waals surface area contributed by atoms with Crippen molar-refractivity contribution >= 4 is 17.3 Å². The zero-order valence-corrected chi connectivity index (χ0v) is 14.9. The molecule has 7 heteroatoms. The van der Waals surface area contributed by atoms with Crippen LogP contribution in [0, 0.1) is 6.92 Å². The van der Waals surface area contributed by atoms with Crippen molar-refractivity contribution in [2.75, 3.05) is 49.6 Å². The average Bonchev–Trinajstić information content (AvgIpc) is 2.80. The first-order chi connectivity index (χ1) is 12.8. The lowest BCUT2D eigenvalue weighted by Crippen LogP contribution is -2.39. The van der Waals surface area contributed by atoms with Gasteiger partial charge in [0, 0.05) is 32.1 Å². The first-order valence-corrected chi connectivity index (χ1v) is 9.21. The number of aryl methyl sites for hydroxylation is 1. The van der Waals surface area contributed by atoms with Crippen molar-refractivity contribution < 1.29 is 9.47 Å². The second-order valence-corrected chi connectivity index (χ2v) is 7.11. The molecule has 2 N–H and O–H groups in total. The molecule has 26 heavy (non-hydrogen) atoms. The Morgan fingerprint density at radius 1 is 1.15 bits per heavy atom. The minimum absolute atomic E-state index is 0.466. The topological polar surface area (TPSA) is 71.5 Å². The summed E-state index contributed by atoms with van der Waals surface area (Å²) in [6.07, 6.45) is 1.63. The molecular weight excluding hydrogens is 330 g/mol. The summed E-state index contributed by atoms with van der Waals surface area (Å²) in [5.41, 5.74) is 4.52. The first kappa shape index (κ1) is 15.8. The van der Waals surface area contributed by atoms with Gasteiger partial charge in [-0.25, -0.2) is 9.97 Å². The van der Waals surface area contributed by atoms with Crippen LogP contribution < -0.4 is 20.3 Å². The van der Waals surface area contributed by atoms with Crippen LogP contribution in [0.3, 0.4) is 0 Å². The molecule has 7 nitrogen and oxygen atoms in total. The maximum Gasteiger partial charge on any atom is 0.146 e. The van der Waals surface area contributed by atoms with Gasteiger partial charge in [-0.05, 0) is 24.1 Å². The molecule has 136 valence electrons. The quantitative estimate of drug-likeness (QED) is 0.855. The van der Waals surface area contributed by atoms with Gasteiger partial charge in [0.2, 0.25) is 0 Å². The summed E-state index contributed by atoms with van der Waals surface area (Å²) in [4.78, 5) is 11.3. The molecule has 3 aliphatic rings. The van der Waals surface area contributed by atoms with Crippen LogP contribution in [0.2, 0.25) is 0 Å². The number of fused-ring (bicyclic) bond motifs is 2. The number of rotatable bonds is 2. The van der Waals surface area contributed by atoms with Crippen molar-refractivity contribution in [2.45, 2.75) is 19.4 Å². The Kier molecular flexibility index (Phi) is 3.90. The van der Waals surface area contributed by atoms with Crippen molar-refractivity contribution in [3.8, 4) is 5.75 Å². The molecule has 0 atom stereocenters. The fourth-order valence-corrected chi connectivity index (χ4v) is 3.81. The number of morpholine rings is 1. The first-order valence-electron chi connectivity index (χ1n) is 9.21. The number of hydrogen-bond donors (Lipinski definition) is 2. The minimum atomic E-state index is 0.466. The summed E-state index contributed by atoms with van der Waals surface area (Å²) < 4.78 is 11.7. The van der Waals surface area contributed by atoms with Gasteiger partial charge < -0.3 is 25.0 Å². The summed E-state index contributed by atoms with van der Waals surface area (Å²) in [6.45, 7) is 7.80. The highest BCUT2D eigenvalue weighted by atomic mass is 16.5. The van der Waals surface area contributed by atoms with Crippen molar-refractivity contribution in [2.24, 2.45) is 0 Å². The van der Waals surface area contributed by atoms with E-state index >= 15 is 0 Å². The van der Waals surface area contributed by atoms with Crippen LogP contribution in [0.25, 0.3) is 0 Å². The van der Waals surface area contributed by atoms with E-state index in [1.807, 2.05) is 0 Å². The van der Waals surface area contributed by atoms with Crippen LogP contribution in [0.4, 0.5) is 17.3 Å². The van der Waals surface area contributed by atoms with E-state index < -0.39 is 0 Å². The molecule has 0 bridgehead atoms. The lowest BCUT2D eigenvalue weighted by atomic mass is 9.92. The molecule has 0 spiro atoms. The Morgan fingerprint density at radius 3 is 2.77 bits per heavy atom. The van der Waals surface area contributed by atoms with Gasteiger partial charge in [-0.2, -0.15) is 0 Å². The number of aromatic nitrogens is 2. The standard InChI is InChI=1S/C19H23N5O2/c1-12-6-13(14-8-20-9-14)7-16-17(12)26-10-15-18(23-16)21-11-22-19(15)24-2-4-25-5-3-24/h6-7,11,14,20H,2-5,8-10H2,1H3,(H,21,22,23). The van der Waals surface area contributed by atoms with E-state index in [1.165, 1.54) is 5.56 Å². The van der Waals surface area contributed by atoms with Gasteiger partial charge in [-0.3, -0.25) is 0 Å². The van der Waals surface area contributed by atoms with Crippen LogP contribution in [-0.4, -0.2) is 49.4 Å². The predicted octanol–water partition coefficient (Wildman–Crippen LogP) is 1.94. The Morgan fingerprint density at radius 2 is 2.00 bits per heavy atom. The van der Waals surface area contributed by atoms with Gasteiger partial charge in [0.05, 0.1) is 24.5 Å². The van der Waals surface area contributed by atoms with Gasteiger partial charge in [-0.15, -0.1) is 0 Å². The summed E-state index contributed by atoms with van der Waals surface area (Å²) in [7, 11) is 0. The average molecular weight is 353 g/mol. The second kappa shape index (κ2) is 6.41. The summed E-state index contributed by atoms with van der Waals surface area (Å²) in [5, 5.41) is 6.86. The van der Waals surface area contributed by atoms with Crippen LogP contribution in [-0.2, 0) is 11.3 Å². The summed E-state index contributed by atoms with van der Waals surface area (Å²) in [5.74, 6) is 3.27. The number of nitrogens with one attached hydrogen (secondary N) is 2. The number of benzene rings is 1. The van der Waals surface area contributed by atoms with Crippen LogP contribution in [0.15, 0.2) is 18.5 Å². The normalized spacial score (nSPS) is 19.5. The molecular formula is C19H23N5O2. The highest BCUT2D eigenvalue weighted by Crippen LogP contribution is 2.40. The third kappa shape index (κ3) is 2.68. The molecule has 2 fully saturated rings. The molecule has 0 amide bonds. The van der Waals surface area contributed by atoms with E-state index in [1.54, 1.807) is 6.33 Å². The molecule has 0 saturated carbocycles. The molecule has 4 heterocycles. The monoisotopic (exact) mass is 353 g/mol. The molecule has 2 aromatic rings. The molecule has 5 rings (SSSR count). The SMILES string of the molecule is Cc1cc(C2CNC2)cc2c1OCc1c(ncnc1N1CCOCC1)N2. The minimum Gasteiger partial charge on any atom is -0.486 e. The van der Waals surface area contributed by atoms with Gasteiger partial charge >= 0.3 is 0 Å². The van der Waals surface area contributed by atoms with Crippen molar-refractivity contribution in [3.05, 3.63) is 35.2 Å². The Labute approximate surface area is 152 Å². The van der Waals surface area contributed by atoms with Crippen LogP contribution in [0.1, 0.15) is 22.6 Å². The predicted molar refractivity (Wildman–Crippen MR) is 99.5 cm³/mol. The van der Waals surface area contributed by atoms with E-state index in [2.05, 4.69) is 44.6 Å². The van der Waals surface area contributed by atoms with Crippen LogP contribution >= 0.6 is 0 Å². The fourth-order valence-electron chi connectivity index (χ4n) is 3.81. The van der Waals surface area contributed by atoms with E-state index in [9.17, 15) is 0 Å². The highest BCUT2D eigenvalue weighted by molar-refractivity contribution is 5.73. The van der Waals surface area contributed by atoms with Crippen molar-refractivity contribution in [1.29, 1.82) is 0 Å². The van der Waals surface area contributed by atoms with Crippen molar-refractivity contribution in [1.82, 2.24) is 15.3 Å². The maximum absolute atomic E-state index is 6.21. The Balaban J connectivity index is 1.52. The third-order valence-electron chi connectivity index (χ3n) is 5.40. The Hall–Kier alpha value is -2.38. The lowest BCUT2D eigenvalue weighted by molar-refractivity contribution is 0.122. The highest BCUT2D eigenvalue weighted by Gasteiger charge is 2.26. The maximum atomic E-state index is 6.21. The second-order valence-electron chi connectivity index (χ2n) is 7.11. The van der Waals surface area contributed by atoms with E-state index in [4.69, 9.17) is 9.47 Å². The number of ether oxygens (including phenoxy) is 2. The lowest BCUT2D eigenvalue weighted by Gasteiger charge is -2.29. The largest absolute Gasteiger partial charge is 0.486 e. The molecule has 2 saturated heterocycles. The summed E-state index contributed by atoms with van der Waals surface area (Å²) >= 11 is 0. The Bertz CT molecular complexity index is 831. The van der Waals surface area contributed by atoms with Gasteiger partial charge in [0.1, 0.15) is 30.3 Å². The molecule has 1 aromatic carbocycles. The number of nitrogens with zero attached hydrogens (tertiary/aromatic N) is 3. The van der Waals surface area contributed by atoms with Crippen LogP contribution in [0.5, 0.6) is 5.75 Å². The molecule has 3 aliphatic heterocycles. The number of anilines is 3. The molecule has 1 aromatic heterocycles. The van der Waals surface area contributed by atoms with E-state index in [0.717, 1.165) is 73.6 Å². The van der Waals surface area contributed by atoms with E-state index in [0.29, 0.717) is 12.5 Å². The van der Waals surface area contributed by atoms with Crippen molar-refractivity contribution in [3.63, 3.8) is 0 Å². The van der Waals surface area contributed by atoms with Gasteiger partial charge in [-0.1, -0.05) is 6.07 Å². The molecule has 0 aliphatic carbocycles. The molecule has 0 unspecified atom stereocenters. The fraction of sp³-hybridized carbons (Fsp3) is 0.474. The van der Waals surface area contributed by atoms with Gasteiger partial charge in [0.25, 0.3) is 0 Å².